The van der Waals surface area contributed by atoms with Crippen LogP contribution in [0.25, 0.3) is 0 Å². The molecule has 1 heterocycles. The topological polar surface area (TPSA) is 72.2 Å². The third kappa shape index (κ3) is 6.20. The molecule has 0 spiro atoms. The van der Waals surface area contributed by atoms with Crippen LogP contribution < -0.4 is 5.32 Å². The minimum atomic E-state index is -0.415. The highest BCUT2D eigenvalue weighted by Crippen LogP contribution is 2.13. The summed E-state index contributed by atoms with van der Waals surface area (Å²) in [6.45, 7) is 0.557. The number of hydrogen-bond donors (Lipinski definition) is 1. The second-order valence-corrected chi connectivity index (χ2v) is 6.34. The molecule has 0 aliphatic rings. The van der Waals surface area contributed by atoms with E-state index in [-0.39, 0.29) is 11.6 Å². The molecule has 2 rings (SSSR count). The summed E-state index contributed by atoms with van der Waals surface area (Å²) in [6.07, 6.45) is 4.18. The summed E-state index contributed by atoms with van der Waals surface area (Å²) < 4.78 is 0. The molecule has 0 fully saturated rings. The molecular formula is C17H20N2O3S. The van der Waals surface area contributed by atoms with Crippen molar-refractivity contribution in [1.82, 2.24) is 5.32 Å². The number of thiophene rings is 1. The van der Waals surface area contributed by atoms with Crippen molar-refractivity contribution in [3.63, 3.8) is 0 Å². The zero-order chi connectivity index (χ0) is 16.5. The van der Waals surface area contributed by atoms with Crippen LogP contribution in [0.1, 0.15) is 29.7 Å². The Bertz CT molecular complexity index is 624. The van der Waals surface area contributed by atoms with Gasteiger partial charge < -0.3 is 5.32 Å². The summed E-state index contributed by atoms with van der Waals surface area (Å²) in [4.78, 5) is 23.3. The Kier molecular flexibility index (Phi) is 6.75. The molecule has 0 radical (unpaired) electrons. The Labute approximate surface area is 139 Å². The van der Waals surface area contributed by atoms with Gasteiger partial charge in [0.2, 0.25) is 5.91 Å². The van der Waals surface area contributed by atoms with Crippen LogP contribution in [0, 0.1) is 10.1 Å². The van der Waals surface area contributed by atoms with Crippen molar-refractivity contribution in [2.24, 2.45) is 0 Å². The van der Waals surface area contributed by atoms with E-state index in [1.54, 1.807) is 23.5 Å². The van der Waals surface area contributed by atoms with E-state index in [9.17, 15) is 14.9 Å². The lowest BCUT2D eigenvalue weighted by Gasteiger charge is -2.05. The minimum absolute atomic E-state index is 0.0677. The normalized spacial score (nSPS) is 10.4. The number of unbranched alkanes of at least 4 members (excludes halogenated alkanes) is 1. The monoisotopic (exact) mass is 332 g/mol. The summed E-state index contributed by atoms with van der Waals surface area (Å²) >= 11 is 1.75. The van der Waals surface area contributed by atoms with Gasteiger partial charge in [0.05, 0.1) is 4.92 Å². The number of non-ortho nitro benzene ring substituents is 1. The van der Waals surface area contributed by atoms with Crippen LogP contribution in [0.3, 0.4) is 0 Å². The predicted octanol–water partition coefficient (Wildman–Crippen LogP) is 3.73. The average Bonchev–Trinajstić information content (AvgIpc) is 3.05. The fourth-order valence-corrected chi connectivity index (χ4v) is 3.01. The maximum atomic E-state index is 11.7. The van der Waals surface area contributed by atoms with Gasteiger partial charge in [-0.3, -0.25) is 14.9 Å². The lowest BCUT2D eigenvalue weighted by Crippen LogP contribution is -2.25. The largest absolute Gasteiger partial charge is 0.356 e. The molecule has 0 bridgehead atoms. The van der Waals surface area contributed by atoms with Crippen LogP contribution in [-0.4, -0.2) is 17.4 Å². The lowest BCUT2D eigenvalue weighted by atomic mass is 10.1. The SMILES string of the molecule is O=C(CCCCc1cccs1)NCCc1ccc([N+](=O)[O-])cc1. The Morgan fingerprint density at radius 3 is 2.57 bits per heavy atom. The third-order valence-electron chi connectivity index (χ3n) is 3.54. The smallest absolute Gasteiger partial charge is 0.269 e. The molecule has 0 unspecified atom stereocenters. The van der Waals surface area contributed by atoms with Gasteiger partial charge in [0.15, 0.2) is 0 Å². The molecule has 1 aromatic carbocycles. The molecule has 23 heavy (non-hydrogen) atoms. The van der Waals surface area contributed by atoms with Gasteiger partial charge in [-0.1, -0.05) is 18.2 Å². The second-order valence-electron chi connectivity index (χ2n) is 5.31. The molecule has 1 aromatic heterocycles. The van der Waals surface area contributed by atoms with E-state index in [0.717, 1.165) is 24.8 Å². The first-order valence-corrected chi connectivity index (χ1v) is 8.55. The Morgan fingerprint density at radius 2 is 1.91 bits per heavy atom. The van der Waals surface area contributed by atoms with Gasteiger partial charge in [-0.05, 0) is 42.7 Å². The third-order valence-corrected chi connectivity index (χ3v) is 4.48. The number of nitrogens with one attached hydrogen (secondary N) is 1. The minimum Gasteiger partial charge on any atom is -0.356 e. The first-order valence-electron chi connectivity index (χ1n) is 7.67. The van der Waals surface area contributed by atoms with Gasteiger partial charge in [0, 0.05) is 30.0 Å². The molecule has 0 aliphatic heterocycles. The first-order chi connectivity index (χ1) is 11.1. The van der Waals surface area contributed by atoms with E-state index in [4.69, 9.17) is 0 Å². The fraction of sp³-hybridized carbons (Fsp3) is 0.353. The quantitative estimate of drug-likeness (QED) is 0.432. The summed E-state index contributed by atoms with van der Waals surface area (Å²) in [5.41, 5.74) is 1.07. The van der Waals surface area contributed by atoms with Crippen LogP contribution in [0.4, 0.5) is 5.69 Å². The molecular weight excluding hydrogens is 312 g/mol. The molecule has 5 nitrogen and oxygen atoms in total. The molecule has 0 aliphatic carbocycles. The highest BCUT2D eigenvalue weighted by Gasteiger charge is 2.05. The molecule has 0 saturated carbocycles. The number of amides is 1. The maximum Gasteiger partial charge on any atom is 0.269 e. The number of nitro groups is 1. The van der Waals surface area contributed by atoms with E-state index in [1.807, 2.05) is 6.07 Å². The standard InChI is InChI=1S/C17H20N2O3S/c20-17(6-2-1-4-16-5-3-13-23-16)18-12-11-14-7-9-15(10-8-14)19(21)22/h3,5,7-10,13H,1-2,4,6,11-12H2,(H,18,20). The van der Waals surface area contributed by atoms with Gasteiger partial charge in [-0.15, -0.1) is 11.3 Å². The molecule has 2 aromatic rings. The molecule has 122 valence electrons. The number of carbonyl (C=O) groups excluding carboxylic acids is 1. The maximum absolute atomic E-state index is 11.7. The summed E-state index contributed by atoms with van der Waals surface area (Å²) in [6, 6.07) is 10.6. The van der Waals surface area contributed by atoms with Gasteiger partial charge in [-0.25, -0.2) is 0 Å². The van der Waals surface area contributed by atoms with Crippen molar-refractivity contribution in [2.75, 3.05) is 6.54 Å². The number of hydrogen-bond acceptors (Lipinski definition) is 4. The van der Waals surface area contributed by atoms with Crippen LogP contribution >= 0.6 is 11.3 Å². The average molecular weight is 332 g/mol. The number of benzene rings is 1. The van der Waals surface area contributed by atoms with E-state index < -0.39 is 4.92 Å². The van der Waals surface area contributed by atoms with Crippen LogP contribution in [0.15, 0.2) is 41.8 Å². The van der Waals surface area contributed by atoms with Crippen molar-refractivity contribution in [1.29, 1.82) is 0 Å². The van der Waals surface area contributed by atoms with Gasteiger partial charge in [0.25, 0.3) is 5.69 Å². The Balaban J connectivity index is 1.58. The van der Waals surface area contributed by atoms with E-state index >= 15 is 0 Å². The zero-order valence-corrected chi connectivity index (χ0v) is 13.7. The number of aryl methyl sites for hydroxylation is 1. The van der Waals surface area contributed by atoms with Crippen molar-refractivity contribution in [3.05, 3.63) is 62.3 Å². The number of nitrogens with zero attached hydrogens (tertiary/aromatic N) is 1. The summed E-state index contributed by atoms with van der Waals surface area (Å²) in [7, 11) is 0. The molecule has 0 saturated heterocycles. The van der Waals surface area contributed by atoms with Crippen molar-refractivity contribution in [3.8, 4) is 0 Å². The van der Waals surface area contributed by atoms with Gasteiger partial charge in [0.1, 0.15) is 0 Å². The zero-order valence-electron chi connectivity index (χ0n) is 12.9. The molecule has 0 atom stereocenters. The van der Waals surface area contributed by atoms with E-state index in [0.29, 0.717) is 19.4 Å². The number of rotatable bonds is 9. The highest BCUT2D eigenvalue weighted by atomic mass is 32.1. The van der Waals surface area contributed by atoms with E-state index in [2.05, 4.69) is 16.8 Å². The summed E-state index contributed by atoms with van der Waals surface area (Å²) in [5, 5.41) is 15.5. The Morgan fingerprint density at radius 1 is 1.13 bits per heavy atom. The van der Waals surface area contributed by atoms with Crippen LogP contribution in [0.5, 0.6) is 0 Å². The fourth-order valence-electron chi connectivity index (χ4n) is 2.26. The van der Waals surface area contributed by atoms with Crippen molar-refractivity contribution < 1.29 is 9.72 Å². The van der Waals surface area contributed by atoms with Gasteiger partial charge in [-0.2, -0.15) is 0 Å². The summed E-state index contributed by atoms with van der Waals surface area (Å²) in [5.74, 6) is 0.0677. The van der Waals surface area contributed by atoms with Gasteiger partial charge >= 0.3 is 0 Å². The van der Waals surface area contributed by atoms with E-state index in [1.165, 1.54) is 17.0 Å². The second kappa shape index (κ2) is 9.05. The molecule has 1 N–H and O–H groups in total. The highest BCUT2D eigenvalue weighted by molar-refractivity contribution is 7.09. The van der Waals surface area contributed by atoms with Crippen molar-refractivity contribution >= 4 is 22.9 Å². The molecule has 6 heteroatoms. The van der Waals surface area contributed by atoms with Crippen molar-refractivity contribution in [2.45, 2.75) is 32.1 Å². The molecule has 1 amide bonds. The first kappa shape index (κ1) is 17.1. The predicted molar refractivity (Wildman–Crippen MR) is 91.7 cm³/mol. The number of nitro benzene ring substituents is 1. The Hall–Kier alpha value is -2.21. The van der Waals surface area contributed by atoms with Crippen LogP contribution in [0.2, 0.25) is 0 Å². The van der Waals surface area contributed by atoms with Crippen LogP contribution in [-0.2, 0) is 17.6 Å². The number of carbonyl (C=O) groups is 1. The lowest BCUT2D eigenvalue weighted by molar-refractivity contribution is -0.384.